The highest BCUT2D eigenvalue weighted by Gasteiger charge is 2.32. The van der Waals surface area contributed by atoms with E-state index in [4.69, 9.17) is 0 Å². The maximum atomic E-state index is 13.8. The van der Waals surface area contributed by atoms with Gasteiger partial charge in [-0.05, 0) is 43.2 Å². The number of carbonyl (C=O) groups is 1. The largest absolute Gasteiger partial charge is 0.298 e. The number of carbonyl (C=O) groups excluding carboxylic acids is 1. The number of aromatic nitrogens is 1. The van der Waals surface area contributed by atoms with Gasteiger partial charge in [0.15, 0.2) is 5.13 Å². The van der Waals surface area contributed by atoms with Crippen LogP contribution in [0.3, 0.4) is 0 Å². The average molecular weight is 432 g/mol. The van der Waals surface area contributed by atoms with E-state index in [1.807, 2.05) is 19.1 Å². The zero-order chi connectivity index (χ0) is 20.8. The lowest BCUT2D eigenvalue weighted by molar-refractivity contribution is 0.102. The molecular formula is C20H18FN3O3S2. The highest BCUT2D eigenvalue weighted by atomic mass is 32.2. The van der Waals surface area contributed by atoms with Gasteiger partial charge in [0.05, 0.1) is 23.2 Å². The van der Waals surface area contributed by atoms with Crippen LogP contribution in [0, 0.1) is 5.82 Å². The number of thiazole rings is 1. The van der Waals surface area contributed by atoms with Gasteiger partial charge in [0, 0.05) is 17.0 Å². The fourth-order valence-corrected chi connectivity index (χ4v) is 5.52. The van der Waals surface area contributed by atoms with Crippen LogP contribution in [0.1, 0.15) is 22.8 Å². The first-order valence-corrected chi connectivity index (χ1v) is 11.6. The highest BCUT2D eigenvalue weighted by molar-refractivity contribution is 7.92. The molecule has 2 heterocycles. The van der Waals surface area contributed by atoms with Crippen LogP contribution in [0.2, 0.25) is 0 Å². The van der Waals surface area contributed by atoms with Gasteiger partial charge in [-0.15, -0.1) is 11.3 Å². The minimum atomic E-state index is -3.34. The molecule has 29 heavy (non-hydrogen) atoms. The quantitative estimate of drug-likeness (QED) is 0.679. The molecule has 0 unspecified atom stereocenters. The second-order valence-electron chi connectivity index (χ2n) is 6.93. The van der Waals surface area contributed by atoms with Gasteiger partial charge in [-0.1, -0.05) is 18.2 Å². The number of anilines is 2. The van der Waals surface area contributed by atoms with E-state index in [2.05, 4.69) is 10.3 Å². The van der Waals surface area contributed by atoms with E-state index >= 15 is 0 Å². The van der Waals surface area contributed by atoms with Gasteiger partial charge in [-0.2, -0.15) is 0 Å². The van der Waals surface area contributed by atoms with Crippen molar-refractivity contribution in [2.45, 2.75) is 19.4 Å². The number of fused-ring (bicyclic) bond motifs is 1. The number of amides is 1. The molecule has 1 aliphatic heterocycles. The van der Waals surface area contributed by atoms with E-state index in [1.54, 1.807) is 17.5 Å². The molecule has 150 valence electrons. The van der Waals surface area contributed by atoms with Crippen LogP contribution in [0.5, 0.6) is 0 Å². The first-order valence-electron chi connectivity index (χ1n) is 8.88. The number of nitrogens with one attached hydrogen (secondary N) is 1. The molecule has 1 aromatic heterocycles. The molecule has 1 amide bonds. The van der Waals surface area contributed by atoms with Crippen molar-refractivity contribution in [3.05, 3.63) is 64.8 Å². The number of nitrogens with zero attached hydrogens (tertiary/aromatic N) is 2. The third kappa shape index (κ3) is 3.75. The van der Waals surface area contributed by atoms with E-state index in [1.165, 1.54) is 40.1 Å². The predicted octanol–water partition coefficient (Wildman–Crippen LogP) is 3.91. The number of sulfonamides is 1. The van der Waals surface area contributed by atoms with Gasteiger partial charge in [0.2, 0.25) is 10.0 Å². The van der Waals surface area contributed by atoms with Gasteiger partial charge in [-0.3, -0.25) is 14.4 Å². The molecule has 0 bridgehead atoms. The van der Waals surface area contributed by atoms with E-state index in [-0.39, 0.29) is 11.6 Å². The molecule has 0 aliphatic carbocycles. The van der Waals surface area contributed by atoms with Crippen molar-refractivity contribution >= 4 is 38.1 Å². The van der Waals surface area contributed by atoms with Crippen molar-refractivity contribution in [2.75, 3.05) is 15.9 Å². The van der Waals surface area contributed by atoms with E-state index < -0.39 is 21.7 Å². The summed E-state index contributed by atoms with van der Waals surface area (Å²) in [5.74, 6) is -1.15. The number of halogens is 1. The Bertz CT molecular complexity index is 1210. The van der Waals surface area contributed by atoms with Crippen molar-refractivity contribution in [1.29, 1.82) is 0 Å². The number of rotatable bonds is 4. The molecular weight excluding hydrogens is 413 g/mol. The number of hydrogen-bond acceptors (Lipinski definition) is 5. The minimum Gasteiger partial charge on any atom is -0.298 e. The fourth-order valence-electron chi connectivity index (χ4n) is 3.54. The zero-order valence-electron chi connectivity index (χ0n) is 15.7. The molecule has 0 fully saturated rings. The summed E-state index contributed by atoms with van der Waals surface area (Å²) in [6, 6.07) is 11.1. The maximum absolute atomic E-state index is 13.8. The van der Waals surface area contributed by atoms with Crippen LogP contribution < -0.4 is 9.62 Å². The van der Waals surface area contributed by atoms with Crippen molar-refractivity contribution < 1.29 is 17.6 Å². The second kappa shape index (κ2) is 7.23. The van der Waals surface area contributed by atoms with Gasteiger partial charge in [-0.25, -0.2) is 17.8 Å². The zero-order valence-corrected chi connectivity index (χ0v) is 17.3. The van der Waals surface area contributed by atoms with Crippen molar-refractivity contribution in [2.24, 2.45) is 0 Å². The molecule has 4 rings (SSSR count). The molecule has 1 aliphatic rings. The highest BCUT2D eigenvalue weighted by Crippen LogP contribution is 2.37. The number of hydrogen-bond donors (Lipinski definition) is 1. The van der Waals surface area contributed by atoms with E-state index in [9.17, 15) is 17.6 Å². The Morgan fingerprint density at radius 1 is 1.28 bits per heavy atom. The Hall–Kier alpha value is -2.78. The van der Waals surface area contributed by atoms with Gasteiger partial charge < -0.3 is 0 Å². The van der Waals surface area contributed by atoms with Gasteiger partial charge in [0.1, 0.15) is 5.82 Å². The third-order valence-electron chi connectivity index (χ3n) is 4.73. The SMILES string of the molecule is C[C@@H]1Cc2cc(-c3csc(NC(=O)c4ccccc4F)n3)ccc2N1S(C)(=O)=O. The molecule has 0 saturated carbocycles. The Kier molecular flexibility index (Phi) is 4.87. The lowest BCUT2D eigenvalue weighted by atomic mass is 10.1. The molecule has 1 N–H and O–H groups in total. The molecule has 1 atom stereocenters. The molecule has 0 radical (unpaired) electrons. The normalized spacial score (nSPS) is 16.0. The van der Waals surface area contributed by atoms with Gasteiger partial charge in [0.25, 0.3) is 5.91 Å². The summed E-state index contributed by atoms with van der Waals surface area (Å²) in [6.45, 7) is 1.87. The van der Waals surface area contributed by atoms with Crippen LogP contribution in [0.4, 0.5) is 15.2 Å². The Morgan fingerprint density at radius 2 is 2.03 bits per heavy atom. The van der Waals surface area contributed by atoms with Crippen LogP contribution in [0.15, 0.2) is 47.8 Å². The van der Waals surface area contributed by atoms with Gasteiger partial charge >= 0.3 is 0 Å². The van der Waals surface area contributed by atoms with Crippen LogP contribution in [0.25, 0.3) is 11.3 Å². The monoisotopic (exact) mass is 431 g/mol. The molecule has 0 spiro atoms. The van der Waals surface area contributed by atoms with Crippen LogP contribution in [-0.2, 0) is 16.4 Å². The summed E-state index contributed by atoms with van der Waals surface area (Å²) in [7, 11) is -3.34. The van der Waals surface area contributed by atoms with Crippen LogP contribution >= 0.6 is 11.3 Å². The Morgan fingerprint density at radius 3 is 2.76 bits per heavy atom. The van der Waals surface area contributed by atoms with E-state index in [0.29, 0.717) is 22.9 Å². The predicted molar refractivity (Wildman–Crippen MR) is 112 cm³/mol. The van der Waals surface area contributed by atoms with E-state index in [0.717, 1.165) is 11.1 Å². The smallest absolute Gasteiger partial charge is 0.260 e. The molecule has 2 aromatic carbocycles. The second-order valence-corrected chi connectivity index (χ2v) is 9.64. The van der Waals surface area contributed by atoms with Crippen molar-refractivity contribution in [3.63, 3.8) is 0 Å². The van der Waals surface area contributed by atoms with Crippen LogP contribution in [-0.4, -0.2) is 31.6 Å². The number of benzene rings is 2. The van der Waals surface area contributed by atoms with Crippen molar-refractivity contribution in [1.82, 2.24) is 4.98 Å². The maximum Gasteiger partial charge on any atom is 0.260 e. The molecule has 3 aromatic rings. The molecule has 6 nitrogen and oxygen atoms in total. The average Bonchev–Trinajstić information content (AvgIpc) is 3.24. The first kappa shape index (κ1) is 19.5. The summed E-state index contributed by atoms with van der Waals surface area (Å²) in [6.07, 6.45) is 1.83. The molecule has 0 saturated heterocycles. The Balaban J connectivity index is 1.57. The minimum absolute atomic E-state index is 0.0448. The standard InChI is InChI=1S/C20H18FN3O3S2/c1-12-9-14-10-13(7-8-18(14)24(12)29(2,26)27)17-11-28-20(22-17)23-19(25)15-5-3-4-6-16(15)21/h3-8,10-12H,9H2,1-2H3,(H,22,23,25)/t12-/m1/s1. The Labute approximate surface area is 172 Å². The molecule has 9 heteroatoms. The summed E-state index contributed by atoms with van der Waals surface area (Å²) < 4.78 is 39.3. The lowest BCUT2D eigenvalue weighted by Crippen LogP contribution is -2.34. The summed E-state index contributed by atoms with van der Waals surface area (Å²) in [4.78, 5) is 16.7. The summed E-state index contributed by atoms with van der Waals surface area (Å²) in [5.41, 5.74) is 3.06. The first-order chi connectivity index (χ1) is 13.7. The summed E-state index contributed by atoms with van der Waals surface area (Å²) in [5, 5.41) is 4.77. The van der Waals surface area contributed by atoms with Crippen molar-refractivity contribution in [3.8, 4) is 11.3 Å². The third-order valence-corrected chi connectivity index (χ3v) is 6.76. The summed E-state index contributed by atoms with van der Waals surface area (Å²) >= 11 is 1.24. The lowest BCUT2D eigenvalue weighted by Gasteiger charge is -2.21. The topological polar surface area (TPSA) is 79.4 Å². The fraction of sp³-hybridized carbons (Fsp3) is 0.200.